The first kappa shape index (κ1) is 9.02. The molecule has 0 aliphatic heterocycles. The van der Waals surface area contributed by atoms with Gasteiger partial charge in [-0.1, -0.05) is 18.5 Å². The molecule has 0 amide bonds. The van der Waals surface area contributed by atoms with Crippen molar-refractivity contribution in [3.05, 3.63) is 28.5 Å². The molecule has 0 saturated heterocycles. The Morgan fingerprint density at radius 1 is 1.67 bits per heavy atom. The lowest BCUT2D eigenvalue weighted by Crippen LogP contribution is -1.91. The van der Waals surface area contributed by atoms with Crippen molar-refractivity contribution in [1.29, 1.82) is 5.26 Å². The van der Waals surface area contributed by atoms with Gasteiger partial charge in [0.25, 0.3) is 0 Å². The Morgan fingerprint density at radius 3 is 2.92 bits per heavy atom. The van der Waals surface area contributed by atoms with Crippen molar-refractivity contribution in [3.8, 4) is 6.07 Å². The van der Waals surface area contributed by atoms with E-state index in [-0.39, 0.29) is 0 Å². The van der Waals surface area contributed by atoms with E-state index >= 15 is 0 Å². The van der Waals surface area contributed by atoms with Crippen LogP contribution in [0.4, 0.5) is 0 Å². The molecule has 0 atom stereocenters. The molecule has 0 radical (unpaired) electrons. The Kier molecular flexibility index (Phi) is 3.07. The summed E-state index contributed by atoms with van der Waals surface area (Å²) >= 11 is 5.89. The Balaban J connectivity index is 2.95. The Morgan fingerprint density at radius 2 is 2.42 bits per heavy atom. The van der Waals surface area contributed by atoms with Crippen molar-refractivity contribution in [2.45, 2.75) is 19.8 Å². The lowest BCUT2D eigenvalue weighted by molar-refractivity contribution is 1.02. The van der Waals surface area contributed by atoms with Crippen molar-refractivity contribution in [1.82, 2.24) is 4.98 Å². The minimum Gasteiger partial charge on any atom is -0.259 e. The number of nitriles is 1. The van der Waals surface area contributed by atoms with Crippen LogP contribution >= 0.6 is 11.6 Å². The fraction of sp³-hybridized carbons (Fsp3) is 0.333. The number of nitrogens with zero attached hydrogens (tertiary/aromatic N) is 2. The maximum Gasteiger partial charge on any atom is 0.0670 e. The van der Waals surface area contributed by atoms with Gasteiger partial charge in [0.2, 0.25) is 0 Å². The molecular formula is C9H9ClN2. The molecule has 1 aromatic heterocycles. The maximum absolute atomic E-state index is 8.42. The van der Waals surface area contributed by atoms with E-state index in [1.807, 2.05) is 6.92 Å². The third-order valence-corrected chi connectivity index (χ3v) is 1.92. The van der Waals surface area contributed by atoms with Crippen LogP contribution in [0.2, 0.25) is 5.02 Å². The van der Waals surface area contributed by atoms with Gasteiger partial charge < -0.3 is 0 Å². The van der Waals surface area contributed by atoms with Crippen LogP contribution in [0.1, 0.15) is 18.2 Å². The van der Waals surface area contributed by atoms with E-state index in [9.17, 15) is 0 Å². The molecule has 3 heteroatoms. The highest BCUT2D eigenvalue weighted by Crippen LogP contribution is 2.15. The Hall–Kier alpha value is -1.07. The van der Waals surface area contributed by atoms with Crippen molar-refractivity contribution < 1.29 is 0 Å². The van der Waals surface area contributed by atoms with Gasteiger partial charge in [-0.05, 0) is 18.1 Å². The average Bonchev–Trinajstić information content (AvgIpc) is 2.05. The molecule has 12 heavy (non-hydrogen) atoms. The fourth-order valence-corrected chi connectivity index (χ4v) is 1.28. The van der Waals surface area contributed by atoms with Gasteiger partial charge in [-0.25, -0.2) is 0 Å². The van der Waals surface area contributed by atoms with Gasteiger partial charge in [-0.2, -0.15) is 5.26 Å². The Labute approximate surface area is 76.8 Å². The first-order chi connectivity index (χ1) is 5.77. The van der Waals surface area contributed by atoms with E-state index in [1.54, 1.807) is 12.3 Å². The average molecular weight is 181 g/mol. The van der Waals surface area contributed by atoms with Gasteiger partial charge in [-0.15, -0.1) is 0 Å². The summed E-state index contributed by atoms with van der Waals surface area (Å²) in [4.78, 5) is 4.13. The first-order valence-corrected chi connectivity index (χ1v) is 4.16. The van der Waals surface area contributed by atoms with E-state index in [0.717, 1.165) is 17.7 Å². The molecule has 1 heterocycles. The summed E-state index contributed by atoms with van der Waals surface area (Å²) in [5, 5.41) is 9.07. The zero-order valence-corrected chi connectivity index (χ0v) is 7.60. The molecule has 0 unspecified atom stereocenters. The molecule has 1 aromatic rings. The molecule has 0 bridgehead atoms. The second-order valence-corrected chi connectivity index (χ2v) is 2.87. The summed E-state index contributed by atoms with van der Waals surface area (Å²) in [7, 11) is 0. The number of aryl methyl sites for hydroxylation is 1. The van der Waals surface area contributed by atoms with E-state index in [2.05, 4.69) is 11.1 Å². The smallest absolute Gasteiger partial charge is 0.0670 e. The lowest BCUT2D eigenvalue weighted by Gasteiger charge is -2.00. The summed E-state index contributed by atoms with van der Waals surface area (Å²) < 4.78 is 0. The largest absolute Gasteiger partial charge is 0.259 e. The third-order valence-electron chi connectivity index (χ3n) is 1.59. The SMILES string of the molecule is CCc1ncc(CC#N)cc1Cl. The van der Waals surface area contributed by atoms with Gasteiger partial charge in [0.15, 0.2) is 0 Å². The van der Waals surface area contributed by atoms with Gasteiger partial charge >= 0.3 is 0 Å². The maximum atomic E-state index is 8.42. The van der Waals surface area contributed by atoms with Crippen molar-refractivity contribution in [3.63, 3.8) is 0 Å². The van der Waals surface area contributed by atoms with Gasteiger partial charge in [0.05, 0.1) is 23.2 Å². The highest BCUT2D eigenvalue weighted by Gasteiger charge is 2.00. The molecule has 0 aromatic carbocycles. The van der Waals surface area contributed by atoms with Crippen LogP contribution in [-0.2, 0) is 12.8 Å². The van der Waals surface area contributed by atoms with E-state index < -0.39 is 0 Å². The number of hydrogen-bond donors (Lipinski definition) is 0. The van der Waals surface area contributed by atoms with Crippen LogP contribution in [0, 0.1) is 11.3 Å². The van der Waals surface area contributed by atoms with E-state index in [0.29, 0.717) is 11.4 Å². The summed E-state index contributed by atoms with van der Waals surface area (Å²) in [6.07, 6.45) is 2.90. The van der Waals surface area contributed by atoms with Crippen molar-refractivity contribution in [2.24, 2.45) is 0 Å². The quantitative estimate of drug-likeness (QED) is 0.701. The highest BCUT2D eigenvalue weighted by atomic mass is 35.5. The number of halogens is 1. The zero-order chi connectivity index (χ0) is 8.97. The van der Waals surface area contributed by atoms with Crippen LogP contribution < -0.4 is 0 Å². The molecule has 0 N–H and O–H groups in total. The molecular weight excluding hydrogens is 172 g/mol. The first-order valence-electron chi connectivity index (χ1n) is 3.78. The minimum absolute atomic E-state index is 0.372. The third kappa shape index (κ3) is 1.96. The van der Waals surface area contributed by atoms with Crippen LogP contribution in [0.5, 0.6) is 0 Å². The summed E-state index contributed by atoms with van der Waals surface area (Å²) in [6, 6.07) is 3.85. The van der Waals surface area contributed by atoms with Crippen molar-refractivity contribution in [2.75, 3.05) is 0 Å². The Bertz CT molecular complexity index is 315. The fourth-order valence-electron chi connectivity index (χ4n) is 0.954. The van der Waals surface area contributed by atoms with E-state index in [4.69, 9.17) is 16.9 Å². The van der Waals surface area contributed by atoms with Gasteiger partial charge in [0.1, 0.15) is 0 Å². The molecule has 62 valence electrons. The molecule has 0 aliphatic carbocycles. The van der Waals surface area contributed by atoms with Crippen LogP contribution in [-0.4, -0.2) is 4.98 Å². The summed E-state index contributed by atoms with van der Waals surface area (Å²) in [5.74, 6) is 0. The van der Waals surface area contributed by atoms with Gasteiger partial charge in [-0.3, -0.25) is 4.98 Å². The topological polar surface area (TPSA) is 36.7 Å². The van der Waals surface area contributed by atoms with Crippen LogP contribution in [0.3, 0.4) is 0 Å². The molecule has 0 saturated carbocycles. The van der Waals surface area contributed by atoms with E-state index in [1.165, 1.54) is 0 Å². The molecule has 0 fully saturated rings. The highest BCUT2D eigenvalue weighted by molar-refractivity contribution is 6.31. The second-order valence-electron chi connectivity index (χ2n) is 2.46. The number of pyridine rings is 1. The molecule has 1 rings (SSSR count). The molecule has 2 nitrogen and oxygen atoms in total. The predicted octanol–water partition coefficient (Wildman–Crippen LogP) is 2.36. The predicted molar refractivity (Wildman–Crippen MR) is 47.9 cm³/mol. The number of hydrogen-bond acceptors (Lipinski definition) is 2. The van der Waals surface area contributed by atoms with Crippen LogP contribution in [0.25, 0.3) is 0 Å². The second kappa shape index (κ2) is 4.08. The summed E-state index contributed by atoms with van der Waals surface area (Å²) in [5.41, 5.74) is 1.76. The standard InChI is InChI=1S/C9H9ClN2/c1-2-9-8(10)5-7(3-4-11)6-12-9/h5-6H,2-3H2,1H3. The lowest BCUT2D eigenvalue weighted by atomic mass is 10.2. The molecule has 0 aliphatic rings. The molecule has 0 spiro atoms. The van der Waals surface area contributed by atoms with Crippen LogP contribution in [0.15, 0.2) is 12.3 Å². The monoisotopic (exact) mass is 180 g/mol. The number of rotatable bonds is 2. The summed E-state index contributed by atoms with van der Waals surface area (Å²) in [6.45, 7) is 2.00. The number of aromatic nitrogens is 1. The van der Waals surface area contributed by atoms with Crippen molar-refractivity contribution >= 4 is 11.6 Å². The van der Waals surface area contributed by atoms with Gasteiger partial charge in [0, 0.05) is 6.20 Å². The zero-order valence-electron chi connectivity index (χ0n) is 6.84. The minimum atomic E-state index is 0.372. The normalized spacial score (nSPS) is 9.42.